The Hall–Kier alpha value is -1.39. The molecule has 94 valence electrons. The van der Waals surface area contributed by atoms with Gasteiger partial charge in [0.15, 0.2) is 0 Å². The molecule has 1 atom stereocenters. The lowest BCUT2D eigenvalue weighted by atomic mass is 10.2. The first-order valence-corrected chi connectivity index (χ1v) is 6.43. The Bertz CT molecular complexity index is 555. The van der Waals surface area contributed by atoms with Crippen LogP contribution in [0.4, 0.5) is 0 Å². The maximum absolute atomic E-state index is 9.51. The number of pyridine rings is 1. The molecule has 0 fully saturated rings. The first kappa shape index (κ1) is 13.1. The lowest BCUT2D eigenvalue weighted by Gasteiger charge is -2.09. The molecule has 4 heteroatoms. The molecule has 18 heavy (non-hydrogen) atoms. The SMILES string of the molecule is Cc1cc(Oc2cc([C@@H](C)O)ccn2)ccc1Br. The number of benzene rings is 1. The summed E-state index contributed by atoms with van der Waals surface area (Å²) >= 11 is 3.44. The quantitative estimate of drug-likeness (QED) is 0.932. The van der Waals surface area contributed by atoms with Crippen molar-refractivity contribution in [1.82, 2.24) is 4.98 Å². The van der Waals surface area contributed by atoms with Crippen LogP contribution in [0.2, 0.25) is 0 Å². The zero-order chi connectivity index (χ0) is 13.1. The van der Waals surface area contributed by atoms with Crippen molar-refractivity contribution in [2.45, 2.75) is 20.0 Å². The van der Waals surface area contributed by atoms with E-state index in [2.05, 4.69) is 20.9 Å². The van der Waals surface area contributed by atoms with Crippen molar-refractivity contribution in [3.8, 4) is 11.6 Å². The highest BCUT2D eigenvalue weighted by Gasteiger charge is 2.05. The molecule has 0 saturated carbocycles. The summed E-state index contributed by atoms with van der Waals surface area (Å²) in [6.07, 6.45) is 1.10. The van der Waals surface area contributed by atoms with E-state index in [0.717, 1.165) is 21.3 Å². The smallest absolute Gasteiger partial charge is 0.219 e. The predicted molar refractivity (Wildman–Crippen MR) is 73.8 cm³/mol. The van der Waals surface area contributed by atoms with Crippen LogP contribution in [-0.2, 0) is 0 Å². The molecule has 0 amide bonds. The predicted octanol–water partition coefficient (Wildman–Crippen LogP) is 4.00. The highest BCUT2D eigenvalue weighted by molar-refractivity contribution is 9.10. The standard InChI is InChI=1S/C14H14BrNO2/c1-9-7-12(3-4-13(9)15)18-14-8-11(10(2)17)5-6-16-14/h3-8,10,17H,1-2H3/t10-/m1/s1. The van der Waals surface area contributed by atoms with Crippen LogP contribution in [0.25, 0.3) is 0 Å². The Labute approximate surface area is 115 Å². The Morgan fingerprint density at radius 2 is 2.06 bits per heavy atom. The molecule has 3 nitrogen and oxygen atoms in total. The number of aliphatic hydroxyl groups is 1. The zero-order valence-electron chi connectivity index (χ0n) is 10.2. The summed E-state index contributed by atoms with van der Waals surface area (Å²) in [7, 11) is 0. The van der Waals surface area contributed by atoms with Gasteiger partial charge in [-0.2, -0.15) is 0 Å². The normalized spacial score (nSPS) is 12.2. The van der Waals surface area contributed by atoms with E-state index in [1.807, 2.05) is 25.1 Å². The number of nitrogens with zero attached hydrogens (tertiary/aromatic N) is 1. The molecule has 1 N–H and O–H groups in total. The van der Waals surface area contributed by atoms with Crippen molar-refractivity contribution in [2.75, 3.05) is 0 Å². The Balaban J connectivity index is 2.23. The van der Waals surface area contributed by atoms with Crippen LogP contribution in [0.15, 0.2) is 41.0 Å². The number of halogens is 1. The fourth-order valence-corrected chi connectivity index (χ4v) is 1.79. The molecule has 1 aromatic heterocycles. The first-order valence-electron chi connectivity index (χ1n) is 5.64. The Morgan fingerprint density at radius 1 is 1.28 bits per heavy atom. The second-order valence-electron chi connectivity index (χ2n) is 4.12. The van der Waals surface area contributed by atoms with Crippen LogP contribution in [0.3, 0.4) is 0 Å². The third-order valence-electron chi connectivity index (χ3n) is 2.59. The van der Waals surface area contributed by atoms with Crippen molar-refractivity contribution in [2.24, 2.45) is 0 Å². The van der Waals surface area contributed by atoms with E-state index in [1.54, 1.807) is 25.3 Å². The van der Waals surface area contributed by atoms with Crippen LogP contribution in [0.5, 0.6) is 11.6 Å². The topological polar surface area (TPSA) is 42.4 Å². The van der Waals surface area contributed by atoms with E-state index in [4.69, 9.17) is 4.74 Å². The molecule has 2 rings (SSSR count). The van der Waals surface area contributed by atoms with Crippen LogP contribution in [0.1, 0.15) is 24.2 Å². The number of hydrogen-bond acceptors (Lipinski definition) is 3. The zero-order valence-corrected chi connectivity index (χ0v) is 11.8. The third kappa shape index (κ3) is 3.09. The molecule has 0 saturated heterocycles. The van der Waals surface area contributed by atoms with Crippen molar-refractivity contribution in [1.29, 1.82) is 0 Å². The largest absolute Gasteiger partial charge is 0.439 e. The average Bonchev–Trinajstić information content (AvgIpc) is 2.34. The summed E-state index contributed by atoms with van der Waals surface area (Å²) in [4.78, 5) is 4.12. The molecule has 0 aliphatic heterocycles. The van der Waals surface area contributed by atoms with Gasteiger partial charge in [-0.1, -0.05) is 15.9 Å². The number of aliphatic hydroxyl groups excluding tert-OH is 1. The summed E-state index contributed by atoms with van der Waals surface area (Å²) in [5.74, 6) is 1.21. The monoisotopic (exact) mass is 307 g/mol. The van der Waals surface area contributed by atoms with E-state index in [-0.39, 0.29) is 0 Å². The maximum Gasteiger partial charge on any atom is 0.219 e. The molecule has 0 aliphatic rings. The number of ether oxygens (including phenoxy) is 1. The van der Waals surface area contributed by atoms with Crippen LogP contribution < -0.4 is 4.74 Å². The minimum absolute atomic E-state index is 0.482. The van der Waals surface area contributed by atoms with Crippen molar-refractivity contribution in [3.05, 3.63) is 52.1 Å². The number of hydrogen-bond donors (Lipinski definition) is 1. The van der Waals surface area contributed by atoms with Gasteiger partial charge in [-0.25, -0.2) is 4.98 Å². The molecule has 1 aromatic carbocycles. The van der Waals surface area contributed by atoms with E-state index in [1.165, 1.54) is 0 Å². The van der Waals surface area contributed by atoms with Crippen LogP contribution in [0, 0.1) is 6.92 Å². The van der Waals surface area contributed by atoms with Gasteiger partial charge in [0.05, 0.1) is 6.10 Å². The summed E-state index contributed by atoms with van der Waals surface area (Å²) < 4.78 is 6.70. The lowest BCUT2D eigenvalue weighted by molar-refractivity contribution is 0.198. The number of rotatable bonds is 3. The molecular weight excluding hydrogens is 294 g/mol. The van der Waals surface area contributed by atoms with Crippen LogP contribution >= 0.6 is 15.9 Å². The molecule has 0 radical (unpaired) electrons. The summed E-state index contributed by atoms with van der Waals surface area (Å²) in [6, 6.07) is 9.24. The fraction of sp³-hybridized carbons (Fsp3) is 0.214. The number of aryl methyl sites for hydroxylation is 1. The molecule has 0 aliphatic carbocycles. The summed E-state index contributed by atoms with van der Waals surface area (Å²) in [6.45, 7) is 3.71. The minimum Gasteiger partial charge on any atom is -0.439 e. The highest BCUT2D eigenvalue weighted by Crippen LogP contribution is 2.26. The van der Waals surface area contributed by atoms with Gasteiger partial charge in [0, 0.05) is 16.7 Å². The van der Waals surface area contributed by atoms with E-state index in [9.17, 15) is 5.11 Å². The molecule has 0 unspecified atom stereocenters. The summed E-state index contributed by atoms with van der Waals surface area (Å²) in [5.41, 5.74) is 1.88. The van der Waals surface area contributed by atoms with Gasteiger partial charge in [-0.15, -0.1) is 0 Å². The van der Waals surface area contributed by atoms with Crippen LogP contribution in [-0.4, -0.2) is 10.1 Å². The molecule has 0 bridgehead atoms. The first-order chi connectivity index (χ1) is 8.56. The van der Waals surface area contributed by atoms with Gasteiger partial charge in [-0.05, 0) is 49.2 Å². The Morgan fingerprint density at radius 3 is 2.72 bits per heavy atom. The maximum atomic E-state index is 9.51. The van der Waals surface area contributed by atoms with E-state index in [0.29, 0.717) is 5.88 Å². The van der Waals surface area contributed by atoms with Crippen molar-refractivity contribution < 1.29 is 9.84 Å². The van der Waals surface area contributed by atoms with Gasteiger partial charge in [-0.3, -0.25) is 0 Å². The average molecular weight is 308 g/mol. The van der Waals surface area contributed by atoms with Gasteiger partial charge in [0.25, 0.3) is 0 Å². The Kier molecular flexibility index (Phi) is 3.99. The van der Waals surface area contributed by atoms with Gasteiger partial charge in [0.2, 0.25) is 5.88 Å². The molecule has 1 heterocycles. The van der Waals surface area contributed by atoms with Gasteiger partial charge in [0.1, 0.15) is 5.75 Å². The second-order valence-corrected chi connectivity index (χ2v) is 4.97. The van der Waals surface area contributed by atoms with Crippen molar-refractivity contribution in [3.63, 3.8) is 0 Å². The van der Waals surface area contributed by atoms with Gasteiger partial charge < -0.3 is 9.84 Å². The minimum atomic E-state index is -0.526. The highest BCUT2D eigenvalue weighted by atomic mass is 79.9. The van der Waals surface area contributed by atoms with Crippen molar-refractivity contribution >= 4 is 15.9 Å². The second kappa shape index (κ2) is 5.50. The number of aromatic nitrogens is 1. The fourth-order valence-electron chi connectivity index (χ4n) is 1.54. The van der Waals surface area contributed by atoms with E-state index < -0.39 is 6.10 Å². The van der Waals surface area contributed by atoms with E-state index >= 15 is 0 Å². The third-order valence-corrected chi connectivity index (χ3v) is 3.48. The summed E-state index contributed by atoms with van der Waals surface area (Å²) in [5, 5.41) is 9.51. The lowest BCUT2D eigenvalue weighted by Crippen LogP contribution is -1.94. The molecule has 0 spiro atoms. The molecular formula is C14H14BrNO2. The van der Waals surface area contributed by atoms with Gasteiger partial charge >= 0.3 is 0 Å². The molecule has 2 aromatic rings.